The Labute approximate surface area is 206 Å². The Bertz CT molecular complexity index is 1330. The van der Waals surface area contributed by atoms with E-state index >= 15 is 0 Å². The first kappa shape index (κ1) is 24.3. The van der Waals surface area contributed by atoms with Crippen LogP contribution in [0.5, 0.6) is 11.5 Å². The molecule has 0 saturated carbocycles. The quantitative estimate of drug-likeness (QED) is 0.350. The lowest BCUT2D eigenvalue weighted by Gasteiger charge is -2.13. The standard InChI is InChI=1S/C29H33N3O3/c1-20-10-12-26(23(4)17-20)34-16-15-32-25-8-6-5-7-24(25)31-28(32)13-14-30-29(33)19-35-27-18-21(2)9-11-22(27)3/h5-12,17-18H,13-16,19H2,1-4H3,(H,30,33). The van der Waals surface area contributed by atoms with Gasteiger partial charge < -0.3 is 19.4 Å². The number of para-hydroxylation sites is 2. The molecule has 6 heteroatoms. The molecule has 0 aliphatic carbocycles. The Balaban J connectivity index is 1.35. The first-order chi connectivity index (χ1) is 16.9. The molecule has 3 aromatic carbocycles. The number of carbonyl (C=O) groups is 1. The van der Waals surface area contributed by atoms with E-state index in [1.807, 2.05) is 56.3 Å². The number of ether oxygens (including phenoxy) is 2. The van der Waals surface area contributed by atoms with Crippen molar-refractivity contribution in [3.8, 4) is 11.5 Å². The van der Waals surface area contributed by atoms with Crippen LogP contribution in [0.15, 0.2) is 60.7 Å². The second-order valence-electron chi connectivity index (χ2n) is 8.94. The van der Waals surface area contributed by atoms with Gasteiger partial charge in [-0.1, -0.05) is 42.0 Å². The number of carbonyl (C=O) groups excluding carboxylic acids is 1. The van der Waals surface area contributed by atoms with Crippen molar-refractivity contribution in [1.82, 2.24) is 14.9 Å². The number of amides is 1. The molecule has 1 N–H and O–H groups in total. The van der Waals surface area contributed by atoms with Crippen molar-refractivity contribution >= 4 is 16.9 Å². The Morgan fingerprint density at radius 2 is 1.66 bits per heavy atom. The third kappa shape index (κ3) is 6.21. The highest BCUT2D eigenvalue weighted by atomic mass is 16.5. The normalized spacial score (nSPS) is 11.0. The van der Waals surface area contributed by atoms with Crippen LogP contribution in [-0.4, -0.2) is 35.2 Å². The van der Waals surface area contributed by atoms with Gasteiger partial charge >= 0.3 is 0 Å². The fraction of sp³-hybridized carbons (Fsp3) is 0.310. The van der Waals surface area contributed by atoms with Crippen LogP contribution in [0.2, 0.25) is 0 Å². The van der Waals surface area contributed by atoms with Crippen molar-refractivity contribution in [3.05, 3.63) is 88.7 Å². The van der Waals surface area contributed by atoms with Gasteiger partial charge in [-0.2, -0.15) is 0 Å². The lowest BCUT2D eigenvalue weighted by atomic mass is 10.1. The average Bonchev–Trinajstić information content (AvgIpc) is 3.18. The van der Waals surface area contributed by atoms with Crippen molar-refractivity contribution in [2.45, 2.75) is 40.7 Å². The Kier molecular flexibility index (Phi) is 7.70. The molecule has 4 aromatic rings. The number of rotatable bonds is 10. The van der Waals surface area contributed by atoms with Gasteiger partial charge in [0.05, 0.1) is 17.6 Å². The number of benzene rings is 3. The number of hydrogen-bond acceptors (Lipinski definition) is 4. The maximum absolute atomic E-state index is 12.4. The van der Waals surface area contributed by atoms with Gasteiger partial charge in [0, 0.05) is 13.0 Å². The van der Waals surface area contributed by atoms with E-state index < -0.39 is 0 Å². The second-order valence-corrected chi connectivity index (χ2v) is 8.94. The third-order valence-electron chi connectivity index (χ3n) is 6.01. The molecule has 1 heterocycles. The summed E-state index contributed by atoms with van der Waals surface area (Å²) in [6.07, 6.45) is 0.619. The minimum absolute atomic E-state index is 0.00947. The summed E-state index contributed by atoms with van der Waals surface area (Å²) in [7, 11) is 0. The van der Waals surface area contributed by atoms with Gasteiger partial charge in [0.25, 0.3) is 5.91 Å². The molecule has 0 unspecified atom stereocenters. The summed E-state index contributed by atoms with van der Waals surface area (Å²) in [5, 5.41) is 2.95. The zero-order chi connectivity index (χ0) is 24.8. The zero-order valence-electron chi connectivity index (χ0n) is 20.9. The van der Waals surface area contributed by atoms with Crippen LogP contribution in [-0.2, 0) is 17.8 Å². The van der Waals surface area contributed by atoms with Crippen molar-refractivity contribution in [2.24, 2.45) is 0 Å². The third-order valence-corrected chi connectivity index (χ3v) is 6.01. The maximum Gasteiger partial charge on any atom is 0.257 e. The highest BCUT2D eigenvalue weighted by Gasteiger charge is 2.12. The summed E-state index contributed by atoms with van der Waals surface area (Å²) < 4.78 is 14.0. The van der Waals surface area contributed by atoms with Gasteiger partial charge in [-0.3, -0.25) is 4.79 Å². The van der Waals surface area contributed by atoms with E-state index in [1.165, 1.54) is 5.56 Å². The minimum atomic E-state index is -0.147. The van der Waals surface area contributed by atoms with Gasteiger partial charge in [0.15, 0.2) is 6.61 Å². The van der Waals surface area contributed by atoms with Crippen LogP contribution < -0.4 is 14.8 Å². The molecule has 0 atom stereocenters. The van der Waals surface area contributed by atoms with E-state index in [-0.39, 0.29) is 12.5 Å². The number of aryl methyl sites for hydroxylation is 4. The molecule has 0 spiro atoms. The Morgan fingerprint density at radius 1 is 0.886 bits per heavy atom. The number of nitrogens with zero attached hydrogens (tertiary/aromatic N) is 2. The van der Waals surface area contributed by atoms with Crippen molar-refractivity contribution in [1.29, 1.82) is 0 Å². The molecule has 0 radical (unpaired) electrons. The van der Waals surface area contributed by atoms with Gasteiger partial charge in [-0.05, 0) is 68.7 Å². The largest absolute Gasteiger partial charge is 0.491 e. The Hall–Kier alpha value is -3.80. The topological polar surface area (TPSA) is 65.4 Å². The predicted molar refractivity (Wildman–Crippen MR) is 139 cm³/mol. The molecule has 6 nitrogen and oxygen atoms in total. The summed E-state index contributed by atoms with van der Waals surface area (Å²) in [5.41, 5.74) is 6.48. The maximum atomic E-state index is 12.4. The molecular weight excluding hydrogens is 438 g/mol. The monoisotopic (exact) mass is 471 g/mol. The molecule has 0 aliphatic rings. The van der Waals surface area contributed by atoms with Gasteiger partial charge in [0.2, 0.25) is 0 Å². The molecule has 1 aromatic heterocycles. The lowest BCUT2D eigenvalue weighted by molar-refractivity contribution is -0.123. The molecule has 182 valence electrons. The molecule has 35 heavy (non-hydrogen) atoms. The highest BCUT2D eigenvalue weighted by Crippen LogP contribution is 2.21. The molecule has 0 aliphatic heterocycles. The van der Waals surface area contributed by atoms with E-state index in [0.29, 0.717) is 26.1 Å². The minimum Gasteiger partial charge on any atom is -0.491 e. The smallest absolute Gasteiger partial charge is 0.257 e. The van der Waals surface area contributed by atoms with Crippen LogP contribution >= 0.6 is 0 Å². The van der Waals surface area contributed by atoms with Gasteiger partial charge in [-0.15, -0.1) is 0 Å². The number of nitrogens with one attached hydrogen (secondary N) is 1. The molecule has 0 bridgehead atoms. The number of aromatic nitrogens is 2. The number of hydrogen-bond donors (Lipinski definition) is 1. The molecule has 0 saturated heterocycles. The van der Waals surface area contributed by atoms with Crippen molar-refractivity contribution in [3.63, 3.8) is 0 Å². The first-order valence-corrected chi connectivity index (χ1v) is 12.0. The summed E-state index contributed by atoms with van der Waals surface area (Å²) in [6, 6.07) is 20.3. The van der Waals surface area contributed by atoms with Crippen molar-refractivity contribution in [2.75, 3.05) is 19.8 Å². The van der Waals surface area contributed by atoms with Crippen molar-refractivity contribution < 1.29 is 14.3 Å². The lowest BCUT2D eigenvalue weighted by Crippen LogP contribution is -2.31. The van der Waals surface area contributed by atoms with E-state index in [4.69, 9.17) is 14.5 Å². The summed E-state index contributed by atoms with van der Waals surface area (Å²) >= 11 is 0. The number of fused-ring (bicyclic) bond motifs is 1. The van der Waals surface area contributed by atoms with Gasteiger partial charge in [0.1, 0.15) is 23.9 Å². The van der Waals surface area contributed by atoms with Crippen LogP contribution in [0, 0.1) is 27.7 Å². The first-order valence-electron chi connectivity index (χ1n) is 12.0. The second kappa shape index (κ2) is 11.1. The highest BCUT2D eigenvalue weighted by molar-refractivity contribution is 5.78. The van der Waals surface area contributed by atoms with Gasteiger partial charge in [-0.25, -0.2) is 4.98 Å². The summed E-state index contributed by atoms with van der Waals surface area (Å²) in [5.74, 6) is 2.42. The van der Waals surface area contributed by atoms with Crippen LogP contribution in [0.25, 0.3) is 11.0 Å². The fourth-order valence-corrected chi connectivity index (χ4v) is 4.14. The molecule has 1 amide bonds. The summed E-state index contributed by atoms with van der Waals surface area (Å²) in [4.78, 5) is 17.2. The fourth-order valence-electron chi connectivity index (χ4n) is 4.14. The van der Waals surface area contributed by atoms with E-state index in [0.717, 1.165) is 45.0 Å². The molecule has 0 fully saturated rings. The summed E-state index contributed by atoms with van der Waals surface area (Å²) in [6.45, 7) is 9.80. The van der Waals surface area contributed by atoms with E-state index in [2.05, 4.69) is 41.9 Å². The Morgan fingerprint density at radius 3 is 2.49 bits per heavy atom. The average molecular weight is 472 g/mol. The van der Waals surface area contributed by atoms with E-state index in [1.54, 1.807) is 0 Å². The molecule has 4 rings (SSSR count). The SMILES string of the molecule is Cc1ccc(OCCn2c(CCNC(=O)COc3cc(C)ccc3C)nc3ccccc32)c(C)c1. The zero-order valence-corrected chi connectivity index (χ0v) is 20.9. The van der Waals surface area contributed by atoms with Crippen LogP contribution in [0.3, 0.4) is 0 Å². The van der Waals surface area contributed by atoms with Crippen LogP contribution in [0.1, 0.15) is 28.1 Å². The molecular formula is C29H33N3O3. The number of imidazole rings is 1. The predicted octanol–water partition coefficient (Wildman–Crippen LogP) is 5.09. The van der Waals surface area contributed by atoms with Crippen LogP contribution in [0.4, 0.5) is 0 Å². The van der Waals surface area contributed by atoms with E-state index in [9.17, 15) is 4.79 Å².